The first kappa shape index (κ1) is 50.9. The van der Waals surface area contributed by atoms with Crippen molar-refractivity contribution < 1.29 is 44.8 Å². The third-order valence-corrected chi connectivity index (χ3v) is 13.6. The highest BCUT2D eigenvalue weighted by atomic mass is 31.1. The van der Waals surface area contributed by atoms with Crippen LogP contribution in [0.3, 0.4) is 0 Å². The van der Waals surface area contributed by atoms with Crippen molar-refractivity contribution in [1.29, 1.82) is 0 Å². The lowest BCUT2D eigenvalue weighted by Crippen LogP contribution is -2.22. The summed E-state index contributed by atoms with van der Waals surface area (Å²) < 4.78 is 66.3. The van der Waals surface area contributed by atoms with Crippen molar-refractivity contribution in [1.82, 2.24) is 0 Å². The van der Waals surface area contributed by atoms with Gasteiger partial charge in [-0.3, -0.25) is 9.05 Å². The Labute approximate surface area is 394 Å². The molecule has 10 nitrogen and oxygen atoms in total. The molecule has 2 heterocycles. The van der Waals surface area contributed by atoms with Crippen molar-refractivity contribution in [2.45, 2.75) is 158 Å². The minimum Gasteiger partial charge on any atom is -0.494 e. The Morgan fingerprint density at radius 3 is 0.939 bits per heavy atom. The SMILES string of the molecule is C=C[C@H](C[C@@H](C)Op1oc2c(C(C)(C)C)cc(OCC)cc2c2cc(OCC)cc(C(C)(C)C)c2o1)Op1oc2c(C(C)(C)C)cc(OCC)cc2c2cc(OCC)cc(C(C)(C)C)c2o1. The predicted octanol–water partition coefficient (Wildman–Crippen LogP) is 16.6. The maximum Gasteiger partial charge on any atom is 0.388 e. The molecule has 0 aliphatic heterocycles. The van der Waals surface area contributed by atoms with Crippen LogP contribution >= 0.6 is 16.5 Å². The summed E-state index contributed by atoms with van der Waals surface area (Å²) in [6.07, 6.45) is 1.21. The molecule has 0 spiro atoms. The van der Waals surface area contributed by atoms with Gasteiger partial charge in [-0.05, 0) is 105 Å². The second-order valence-electron chi connectivity index (χ2n) is 21.0. The summed E-state index contributed by atoms with van der Waals surface area (Å²) in [5.74, 6) is 3.01. The van der Waals surface area contributed by atoms with E-state index in [9.17, 15) is 0 Å². The van der Waals surface area contributed by atoms with Crippen molar-refractivity contribution in [3.8, 4) is 23.0 Å². The van der Waals surface area contributed by atoms with Gasteiger partial charge in [0.25, 0.3) is 0 Å². The van der Waals surface area contributed by atoms with Gasteiger partial charge < -0.3 is 35.7 Å². The maximum absolute atomic E-state index is 6.97. The molecule has 0 radical (unpaired) electrons. The van der Waals surface area contributed by atoms with E-state index in [0.29, 0.717) is 55.2 Å². The second kappa shape index (κ2) is 20.0. The van der Waals surface area contributed by atoms with E-state index in [1.807, 2.05) is 58.9 Å². The summed E-state index contributed by atoms with van der Waals surface area (Å²) in [5.41, 5.74) is 5.39. The first-order valence-corrected chi connectivity index (χ1v) is 25.6. The van der Waals surface area contributed by atoms with E-state index in [1.54, 1.807) is 6.08 Å². The fourth-order valence-corrected chi connectivity index (χ4v) is 10.5. The molecular weight excluding hydrogens is 871 g/mol. The van der Waals surface area contributed by atoms with E-state index in [4.69, 9.17) is 44.8 Å². The first-order valence-electron chi connectivity index (χ1n) is 23.4. The molecule has 0 aliphatic carbocycles. The van der Waals surface area contributed by atoms with E-state index >= 15 is 0 Å². The molecule has 6 aromatic rings. The molecule has 0 amide bonds. The lowest BCUT2D eigenvalue weighted by molar-refractivity contribution is 0.199. The zero-order valence-corrected chi connectivity index (χ0v) is 44.4. The van der Waals surface area contributed by atoms with Crippen LogP contribution in [-0.2, 0) is 21.7 Å². The maximum atomic E-state index is 6.97. The Morgan fingerprint density at radius 1 is 0.455 bits per heavy atom. The average molecular weight is 945 g/mol. The van der Waals surface area contributed by atoms with Crippen molar-refractivity contribution in [3.05, 3.63) is 83.4 Å². The highest BCUT2D eigenvalue weighted by Crippen LogP contribution is 2.47. The van der Waals surface area contributed by atoms with Crippen LogP contribution in [0.25, 0.3) is 43.9 Å². The fraction of sp³-hybridized carbons (Fsp3) is 0.519. The van der Waals surface area contributed by atoms with Gasteiger partial charge >= 0.3 is 16.5 Å². The summed E-state index contributed by atoms with van der Waals surface area (Å²) in [6.45, 7) is 42.3. The Bertz CT molecular complexity index is 2600. The molecule has 0 N–H and O–H groups in total. The lowest BCUT2D eigenvalue weighted by Gasteiger charge is -2.22. The number of fused-ring (bicyclic) bond motifs is 6. The molecule has 66 heavy (non-hydrogen) atoms. The van der Waals surface area contributed by atoms with Gasteiger partial charge in [0.15, 0.2) is 0 Å². The Balaban J connectivity index is 1.53. The van der Waals surface area contributed by atoms with E-state index in [1.165, 1.54) is 0 Å². The molecule has 0 unspecified atom stereocenters. The van der Waals surface area contributed by atoms with Gasteiger partial charge in [-0.15, -0.1) is 6.58 Å². The Kier molecular flexibility index (Phi) is 15.5. The minimum absolute atomic E-state index is 0.312. The van der Waals surface area contributed by atoms with Crippen molar-refractivity contribution in [2.24, 2.45) is 0 Å². The first-order chi connectivity index (χ1) is 30.9. The zero-order chi connectivity index (χ0) is 48.5. The van der Waals surface area contributed by atoms with E-state index in [0.717, 1.165) is 66.8 Å². The summed E-state index contributed by atoms with van der Waals surface area (Å²) >= 11 is 0. The molecule has 0 fully saturated rings. The zero-order valence-electron chi connectivity index (χ0n) is 42.6. The summed E-state index contributed by atoms with van der Waals surface area (Å²) in [7, 11) is -4.04. The van der Waals surface area contributed by atoms with Crippen LogP contribution in [0.2, 0.25) is 0 Å². The predicted molar refractivity (Wildman–Crippen MR) is 273 cm³/mol. The Morgan fingerprint density at radius 2 is 0.712 bits per heavy atom. The standard InChI is InChI=1S/C54H74O10P2/c1-19-34(60-66-63-49-41(27-37(57-22-4)31-45(49)53(13,14)15)42-28-38(58-23-5)32-46(50(42)64-66)54(16,17)18)24-33(6)59-65-61-47-39(25-35(55-20-2)29-43(47)51(7,8)9)40-26-36(56-21-3)30-44(48(40)62-65)52(10,11)12/h19,25-34H,1,20-24H2,2-18H3/t33-,34-/m1/s1. The molecule has 4 aromatic carbocycles. The van der Waals surface area contributed by atoms with Crippen LogP contribution in [0, 0.1) is 0 Å². The number of ether oxygens (including phenoxy) is 4. The van der Waals surface area contributed by atoms with Crippen LogP contribution < -0.4 is 28.0 Å². The summed E-state index contributed by atoms with van der Waals surface area (Å²) in [6, 6.07) is 16.4. The van der Waals surface area contributed by atoms with E-state index in [2.05, 4.69) is 114 Å². The van der Waals surface area contributed by atoms with Gasteiger partial charge in [-0.1, -0.05) is 89.2 Å². The normalized spacial score (nSPS) is 13.6. The summed E-state index contributed by atoms with van der Waals surface area (Å²) in [5, 5.41) is 3.42. The number of rotatable bonds is 15. The van der Waals surface area contributed by atoms with Crippen LogP contribution in [0.4, 0.5) is 0 Å². The molecule has 0 aliphatic rings. The molecule has 0 saturated heterocycles. The largest absolute Gasteiger partial charge is 0.494 e. The second-order valence-corrected chi connectivity index (χ2v) is 23.0. The molecule has 12 heteroatoms. The van der Waals surface area contributed by atoms with E-state index in [-0.39, 0.29) is 21.7 Å². The van der Waals surface area contributed by atoms with Crippen LogP contribution in [-0.4, -0.2) is 38.6 Å². The molecule has 6 rings (SSSR count). The monoisotopic (exact) mass is 944 g/mol. The topological polar surface area (TPSA) is 108 Å². The minimum atomic E-state index is -2.04. The summed E-state index contributed by atoms with van der Waals surface area (Å²) in [4.78, 5) is 0. The molecule has 0 saturated carbocycles. The van der Waals surface area contributed by atoms with Crippen LogP contribution in [0.15, 0.2) is 78.0 Å². The molecule has 2 aromatic heterocycles. The van der Waals surface area contributed by atoms with E-state index < -0.39 is 28.7 Å². The number of hydrogen-bond acceptors (Lipinski definition) is 10. The fourth-order valence-electron chi connectivity index (χ4n) is 8.06. The third kappa shape index (κ3) is 11.4. The average Bonchev–Trinajstić information content (AvgIpc) is 3.45. The molecule has 2 atom stereocenters. The van der Waals surface area contributed by atoms with Gasteiger partial charge in [0.2, 0.25) is 0 Å². The quantitative estimate of drug-likeness (QED) is 0.0924. The number of hydrogen-bond donors (Lipinski definition) is 0. The van der Waals surface area contributed by atoms with Gasteiger partial charge in [0.1, 0.15) is 45.3 Å². The Hall–Kier alpha value is -4.46. The van der Waals surface area contributed by atoms with Gasteiger partial charge in [-0.25, -0.2) is 0 Å². The molecule has 360 valence electrons. The molecule has 0 bridgehead atoms. The van der Waals surface area contributed by atoms with Crippen LogP contribution in [0.1, 0.15) is 146 Å². The van der Waals surface area contributed by atoms with Gasteiger partial charge in [0.05, 0.1) is 38.6 Å². The molecular formula is C54H74O10P2. The van der Waals surface area contributed by atoms with Crippen LogP contribution in [0.5, 0.6) is 23.0 Å². The lowest BCUT2D eigenvalue weighted by atomic mass is 9.84. The number of benzene rings is 4. The highest BCUT2D eigenvalue weighted by molar-refractivity contribution is 7.32. The van der Waals surface area contributed by atoms with Crippen molar-refractivity contribution in [2.75, 3.05) is 26.4 Å². The smallest absolute Gasteiger partial charge is 0.388 e. The van der Waals surface area contributed by atoms with Gasteiger partial charge in [-0.2, -0.15) is 0 Å². The third-order valence-electron chi connectivity index (χ3n) is 11.3. The van der Waals surface area contributed by atoms with Gasteiger partial charge in [0, 0.05) is 50.2 Å². The van der Waals surface area contributed by atoms with Crippen molar-refractivity contribution in [3.63, 3.8) is 0 Å². The van der Waals surface area contributed by atoms with Crippen molar-refractivity contribution >= 4 is 60.4 Å². The highest BCUT2D eigenvalue weighted by Gasteiger charge is 2.29.